The van der Waals surface area contributed by atoms with Crippen molar-refractivity contribution in [2.75, 3.05) is 26.2 Å². The number of nitrogens with zero attached hydrogens (tertiary/aromatic N) is 1. The van der Waals surface area contributed by atoms with E-state index in [0.717, 1.165) is 22.3 Å². The number of alkyl carbamates (subject to hydrolysis) is 1. The number of carbonyl (C=O) groups is 3. The van der Waals surface area contributed by atoms with Gasteiger partial charge in [0.1, 0.15) is 6.61 Å². The van der Waals surface area contributed by atoms with Gasteiger partial charge < -0.3 is 25.2 Å². The number of carboxylic acid groups (broad SMARTS) is 1. The second-order valence-corrected chi connectivity index (χ2v) is 9.72. The lowest BCUT2D eigenvalue weighted by Gasteiger charge is -2.22. The van der Waals surface area contributed by atoms with Crippen LogP contribution in [0, 0.1) is 11.3 Å². The van der Waals surface area contributed by atoms with Crippen LogP contribution in [0.15, 0.2) is 48.5 Å². The van der Waals surface area contributed by atoms with Crippen molar-refractivity contribution in [1.82, 2.24) is 10.2 Å². The second-order valence-electron chi connectivity index (χ2n) is 9.72. The van der Waals surface area contributed by atoms with E-state index < -0.39 is 29.5 Å². The van der Waals surface area contributed by atoms with Gasteiger partial charge in [0.05, 0.1) is 18.4 Å². The number of ether oxygens (including phenoxy) is 1. The molecule has 2 aromatic carbocycles. The summed E-state index contributed by atoms with van der Waals surface area (Å²) in [6, 6.07) is 16.1. The number of likely N-dealkylation sites (tertiary alicyclic amines) is 1. The third-order valence-corrected chi connectivity index (χ3v) is 6.83. The van der Waals surface area contributed by atoms with E-state index in [2.05, 4.69) is 17.4 Å². The number of benzene rings is 2. The summed E-state index contributed by atoms with van der Waals surface area (Å²) in [6.45, 7) is 4.09. The first-order valence-corrected chi connectivity index (χ1v) is 11.4. The standard InChI is InChI=1S/C26H30N2O6/c1-26(2)15-28(13-22(26)24(31)32)23(30)11-16(29)12-27-25(33)34-14-21-19-9-5-3-7-17(19)18-8-4-6-10-20(18)21/h3-10,16,21-22,29H,11-15H2,1-2H3,(H,27,33)(H,31,32). The maximum Gasteiger partial charge on any atom is 0.407 e. The number of hydrogen-bond acceptors (Lipinski definition) is 5. The maximum atomic E-state index is 12.5. The number of aliphatic hydroxyl groups excluding tert-OH is 1. The summed E-state index contributed by atoms with van der Waals surface area (Å²) in [5.74, 6) is -1.98. The van der Waals surface area contributed by atoms with Gasteiger partial charge in [-0.25, -0.2) is 4.79 Å². The fourth-order valence-corrected chi connectivity index (χ4v) is 4.99. The molecular weight excluding hydrogens is 436 g/mol. The Morgan fingerprint density at radius 3 is 2.24 bits per heavy atom. The highest BCUT2D eigenvalue weighted by atomic mass is 16.5. The van der Waals surface area contributed by atoms with E-state index in [1.54, 1.807) is 0 Å². The maximum absolute atomic E-state index is 12.5. The lowest BCUT2D eigenvalue weighted by Crippen LogP contribution is -2.38. The monoisotopic (exact) mass is 466 g/mol. The molecule has 0 aromatic heterocycles. The summed E-state index contributed by atoms with van der Waals surface area (Å²) >= 11 is 0. The van der Waals surface area contributed by atoms with Crippen LogP contribution in [0.5, 0.6) is 0 Å². The minimum atomic E-state index is -1.10. The molecule has 0 saturated carbocycles. The van der Waals surface area contributed by atoms with Crippen molar-refractivity contribution < 1.29 is 29.3 Å². The number of amides is 2. The third kappa shape index (κ3) is 4.77. The summed E-state index contributed by atoms with van der Waals surface area (Å²) in [6.07, 6.45) is -1.96. The summed E-state index contributed by atoms with van der Waals surface area (Å²) in [5.41, 5.74) is 3.95. The quantitative estimate of drug-likeness (QED) is 0.578. The predicted molar refractivity (Wildman–Crippen MR) is 125 cm³/mol. The van der Waals surface area contributed by atoms with Crippen molar-refractivity contribution in [3.05, 3.63) is 59.7 Å². The fraction of sp³-hybridized carbons (Fsp3) is 0.423. The lowest BCUT2D eigenvalue weighted by atomic mass is 9.82. The van der Waals surface area contributed by atoms with E-state index in [1.165, 1.54) is 4.90 Å². The Bertz CT molecular complexity index is 1050. The zero-order chi connectivity index (χ0) is 24.5. The molecule has 2 atom stereocenters. The van der Waals surface area contributed by atoms with E-state index in [0.29, 0.717) is 6.54 Å². The highest BCUT2D eigenvalue weighted by molar-refractivity contribution is 5.80. The molecule has 2 amide bonds. The Balaban J connectivity index is 1.26. The Hall–Kier alpha value is -3.39. The van der Waals surface area contributed by atoms with Gasteiger partial charge >= 0.3 is 12.1 Å². The zero-order valence-corrected chi connectivity index (χ0v) is 19.4. The second kappa shape index (κ2) is 9.46. The van der Waals surface area contributed by atoms with Crippen LogP contribution in [0.1, 0.15) is 37.3 Å². The molecule has 8 nitrogen and oxygen atoms in total. The number of carboxylic acids is 1. The highest BCUT2D eigenvalue weighted by Gasteiger charge is 2.45. The van der Waals surface area contributed by atoms with Crippen LogP contribution in [0.25, 0.3) is 11.1 Å². The number of aliphatic hydroxyl groups is 1. The molecule has 3 N–H and O–H groups in total. The topological polar surface area (TPSA) is 116 Å². The van der Waals surface area contributed by atoms with E-state index in [1.807, 2.05) is 50.2 Å². The Kier molecular flexibility index (Phi) is 6.61. The van der Waals surface area contributed by atoms with Crippen molar-refractivity contribution in [1.29, 1.82) is 0 Å². The average Bonchev–Trinajstić information content (AvgIpc) is 3.30. The van der Waals surface area contributed by atoms with Gasteiger partial charge in [-0.1, -0.05) is 62.4 Å². The van der Waals surface area contributed by atoms with Crippen LogP contribution in [-0.4, -0.2) is 65.4 Å². The number of fused-ring (bicyclic) bond motifs is 3. The van der Waals surface area contributed by atoms with E-state index in [9.17, 15) is 24.6 Å². The van der Waals surface area contributed by atoms with Crippen LogP contribution in [0.2, 0.25) is 0 Å². The molecule has 1 heterocycles. The van der Waals surface area contributed by atoms with Gasteiger partial charge in [-0.05, 0) is 27.7 Å². The van der Waals surface area contributed by atoms with Crippen molar-refractivity contribution in [3.8, 4) is 11.1 Å². The number of carbonyl (C=O) groups excluding carboxylic acids is 2. The lowest BCUT2D eigenvalue weighted by molar-refractivity contribution is -0.144. The molecular formula is C26H30N2O6. The van der Waals surface area contributed by atoms with Gasteiger partial charge in [-0.2, -0.15) is 0 Å². The molecule has 2 aromatic rings. The molecule has 0 radical (unpaired) electrons. The minimum absolute atomic E-state index is 0.0645. The van der Waals surface area contributed by atoms with Gasteiger partial charge in [0.2, 0.25) is 5.91 Å². The van der Waals surface area contributed by atoms with Crippen LogP contribution < -0.4 is 5.32 Å². The largest absolute Gasteiger partial charge is 0.481 e. The number of nitrogens with one attached hydrogen (secondary N) is 1. The van der Waals surface area contributed by atoms with E-state index in [4.69, 9.17) is 4.74 Å². The molecule has 180 valence electrons. The number of rotatable bonds is 7. The smallest absolute Gasteiger partial charge is 0.407 e. The SMILES string of the molecule is CC1(C)CN(C(=O)CC(O)CNC(=O)OCC2c3ccccc3-c3ccccc32)CC1C(=O)O. The van der Waals surface area contributed by atoms with Crippen LogP contribution in [0.3, 0.4) is 0 Å². The number of hydrogen-bond donors (Lipinski definition) is 3. The molecule has 4 rings (SSSR count). The highest BCUT2D eigenvalue weighted by Crippen LogP contribution is 2.44. The predicted octanol–water partition coefficient (Wildman–Crippen LogP) is 2.85. The normalized spacial score (nSPS) is 19.3. The third-order valence-electron chi connectivity index (χ3n) is 6.83. The summed E-state index contributed by atoms with van der Waals surface area (Å²) in [7, 11) is 0. The fourth-order valence-electron chi connectivity index (χ4n) is 4.99. The van der Waals surface area contributed by atoms with Gasteiger partial charge in [-0.15, -0.1) is 0 Å². The first kappa shape index (κ1) is 23.8. The molecule has 0 bridgehead atoms. The van der Waals surface area contributed by atoms with Gasteiger partial charge in [0, 0.05) is 25.6 Å². The Labute approximate surface area is 198 Å². The summed E-state index contributed by atoms with van der Waals surface area (Å²) in [5, 5.41) is 22.1. The zero-order valence-electron chi connectivity index (χ0n) is 19.4. The van der Waals surface area contributed by atoms with Crippen molar-refractivity contribution in [2.45, 2.75) is 32.3 Å². The molecule has 2 unspecified atom stereocenters. The van der Waals surface area contributed by atoms with Crippen molar-refractivity contribution in [3.63, 3.8) is 0 Å². The van der Waals surface area contributed by atoms with Crippen molar-refractivity contribution in [2.24, 2.45) is 11.3 Å². The minimum Gasteiger partial charge on any atom is -0.481 e. The summed E-state index contributed by atoms with van der Waals surface area (Å²) < 4.78 is 5.44. The van der Waals surface area contributed by atoms with Crippen molar-refractivity contribution >= 4 is 18.0 Å². The van der Waals surface area contributed by atoms with Crippen LogP contribution in [0.4, 0.5) is 4.79 Å². The van der Waals surface area contributed by atoms with Crippen LogP contribution >= 0.6 is 0 Å². The summed E-state index contributed by atoms with van der Waals surface area (Å²) in [4.78, 5) is 37.7. The first-order chi connectivity index (χ1) is 16.2. The molecule has 1 aliphatic carbocycles. The molecule has 8 heteroatoms. The van der Waals surface area contributed by atoms with Gasteiger partial charge in [0.25, 0.3) is 0 Å². The number of aliphatic carboxylic acids is 1. The molecule has 1 aliphatic heterocycles. The average molecular weight is 467 g/mol. The molecule has 1 saturated heterocycles. The van der Waals surface area contributed by atoms with Gasteiger partial charge in [0.15, 0.2) is 0 Å². The van der Waals surface area contributed by atoms with Crippen LogP contribution in [-0.2, 0) is 14.3 Å². The molecule has 2 aliphatic rings. The van der Waals surface area contributed by atoms with E-state index >= 15 is 0 Å². The first-order valence-electron chi connectivity index (χ1n) is 11.4. The van der Waals surface area contributed by atoms with E-state index in [-0.39, 0.29) is 37.9 Å². The Morgan fingerprint density at radius 2 is 1.68 bits per heavy atom. The molecule has 0 spiro atoms. The van der Waals surface area contributed by atoms with Gasteiger partial charge in [-0.3, -0.25) is 9.59 Å². The Morgan fingerprint density at radius 1 is 1.09 bits per heavy atom. The molecule has 34 heavy (non-hydrogen) atoms. The molecule has 1 fully saturated rings.